The molecule has 2 aliphatic heterocycles. The first-order chi connectivity index (χ1) is 12.7. The topological polar surface area (TPSA) is 54.3 Å². The molecule has 0 radical (unpaired) electrons. The molecule has 3 aliphatic carbocycles. The van der Waals surface area contributed by atoms with Crippen molar-refractivity contribution in [3.8, 4) is 0 Å². The van der Waals surface area contributed by atoms with Crippen LogP contribution in [-0.4, -0.2) is 62.2 Å². The van der Waals surface area contributed by atoms with Gasteiger partial charge in [0.1, 0.15) is 12.7 Å². The molecule has 26 heavy (non-hydrogen) atoms. The molecule has 6 nitrogen and oxygen atoms in total. The Kier molecular flexibility index (Phi) is 4.26. The summed E-state index contributed by atoms with van der Waals surface area (Å²) in [6.07, 6.45) is 14.5. The van der Waals surface area contributed by atoms with Gasteiger partial charge < -0.3 is 4.90 Å². The van der Waals surface area contributed by atoms with Gasteiger partial charge in [-0.3, -0.25) is 14.4 Å². The lowest BCUT2D eigenvalue weighted by Crippen LogP contribution is -2.64. The predicted molar refractivity (Wildman–Crippen MR) is 98.4 cm³/mol. The zero-order chi connectivity index (χ0) is 17.6. The molecule has 1 aromatic rings. The van der Waals surface area contributed by atoms with Gasteiger partial charge >= 0.3 is 0 Å². The molecule has 1 amide bonds. The minimum absolute atomic E-state index is 0.00590. The van der Waals surface area contributed by atoms with E-state index in [2.05, 4.69) is 19.9 Å². The van der Waals surface area contributed by atoms with Crippen molar-refractivity contribution >= 4 is 5.91 Å². The summed E-state index contributed by atoms with van der Waals surface area (Å²) in [7, 11) is 0. The summed E-state index contributed by atoms with van der Waals surface area (Å²) in [6.45, 7) is 3.80. The van der Waals surface area contributed by atoms with E-state index in [1.807, 2.05) is 4.68 Å². The van der Waals surface area contributed by atoms with Crippen molar-refractivity contribution < 1.29 is 4.79 Å². The van der Waals surface area contributed by atoms with Crippen LogP contribution >= 0.6 is 0 Å². The Balaban J connectivity index is 1.26. The Bertz CT molecular complexity index is 609. The number of amides is 1. The van der Waals surface area contributed by atoms with E-state index in [1.165, 1.54) is 38.5 Å². The van der Waals surface area contributed by atoms with Crippen LogP contribution in [0.5, 0.6) is 0 Å². The number of rotatable bonds is 4. The van der Waals surface area contributed by atoms with Crippen LogP contribution in [0.15, 0.2) is 12.7 Å². The molecule has 2 atom stereocenters. The van der Waals surface area contributed by atoms with E-state index in [0.717, 1.165) is 51.4 Å². The number of hydrogen-bond acceptors (Lipinski definition) is 4. The lowest BCUT2D eigenvalue weighted by atomic mass is 9.60. The molecule has 6 heteroatoms. The lowest BCUT2D eigenvalue weighted by molar-refractivity contribution is -0.154. The third-order valence-corrected chi connectivity index (χ3v) is 7.76. The van der Waals surface area contributed by atoms with Crippen LogP contribution in [0.25, 0.3) is 0 Å². The van der Waals surface area contributed by atoms with Gasteiger partial charge in [-0.05, 0) is 57.3 Å². The van der Waals surface area contributed by atoms with Gasteiger partial charge in [-0.15, -0.1) is 0 Å². The summed E-state index contributed by atoms with van der Waals surface area (Å²) in [4.78, 5) is 22.5. The number of piperidine rings is 1. The van der Waals surface area contributed by atoms with Crippen LogP contribution in [0, 0.1) is 11.3 Å². The van der Waals surface area contributed by atoms with Crippen molar-refractivity contribution in [2.75, 3.05) is 19.6 Å². The van der Waals surface area contributed by atoms with E-state index in [9.17, 15) is 4.79 Å². The van der Waals surface area contributed by atoms with Crippen LogP contribution in [0.4, 0.5) is 0 Å². The van der Waals surface area contributed by atoms with Crippen molar-refractivity contribution in [3.05, 3.63) is 12.7 Å². The number of piperazine rings is 1. The molecule has 0 spiro atoms. The van der Waals surface area contributed by atoms with Crippen LogP contribution < -0.4 is 0 Å². The number of aromatic nitrogens is 3. The van der Waals surface area contributed by atoms with E-state index in [1.54, 1.807) is 12.7 Å². The first-order valence-electron chi connectivity index (χ1n) is 10.6. The van der Waals surface area contributed by atoms with Gasteiger partial charge in [-0.1, -0.05) is 6.42 Å². The average molecular weight is 358 g/mol. The van der Waals surface area contributed by atoms with E-state index >= 15 is 0 Å². The van der Waals surface area contributed by atoms with E-state index < -0.39 is 0 Å². The molecule has 5 aliphatic rings. The van der Waals surface area contributed by atoms with Crippen LogP contribution in [0.2, 0.25) is 0 Å². The smallest absolute Gasteiger partial charge is 0.228 e. The molecule has 5 fully saturated rings. The van der Waals surface area contributed by atoms with E-state index in [-0.39, 0.29) is 5.41 Å². The summed E-state index contributed by atoms with van der Waals surface area (Å²) in [6, 6.07) is 1.07. The third-order valence-electron chi connectivity index (χ3n) is 7.76. The molecule has 0 N–H and O–H groups in total. The number of carbonyl (C=O) groups is 1. The molecular formula is C20H31N5O. The fourth-order valence-electron chi connectivity index (χ4n) is 6.20. The Labute approximate surface area is 155 Å². The van der Waals surface area contributed by atoms with Crippen molar-refractivity contribution in [3.63, 3.8) is 0 Å². The molecule has 3 heterocycles. The van der Waals surface area contributed by atoms with Gasteiger partial charge in [0.15, 0.2) is 0 Å². The molecule has 1 aromatic heterocycles. The molecule has 142 valence electrons. The van der Waals surface area contributed by atoms with Gasteiger partial charge in [-0.2, -0.15) is 5.10 Å². The number of likely N-dealkylation sites (tertiary alicyclic amines) is 1. The highest BCUT2D eigenvalue weighted by atomic mass is 16.2. The third kappa shape index (κ3) is 2.86. The Morgan fingerprint density at radius 1 is 1.00 bits per heavy atom. The maximum atomic E-state index is 13.5. The second-order valence-corrected chi connectivity index (χ2v) is 9.11. The van der Waals surface area contributed by atoms with Crippen molar-refractivity contribution in [1.29, 1.82) is 0 Å². The quantitative estimate of drug-likeness (QED) is 0.830. The van der Waals surface area contributed by atoms with Crippen LogP contribution in [0.3, 0.4) is 0 Å². The Morgan fingerprint density at radius 2 is 1.69 bits per heavy atom. The minimum atomic E-state index is 0.00590. The molecule has 2 unspecified atom stereocenters. The van der Waals surface area contributed by atoms with Gasteiger partial charge in [0.05, 0.1) is 6.54 Å². The first-order valence-corrected chi connectivity index (χ1v) is 10.6. The summed E-state index contributed by atoms with van der Waals surface area (Å²) in [5, 5.41) is 4.24. The van der Waals surface area contributed by atoms with E-state index in [4.69, 9.17) is 0 Å². The summed E-state index contributed by atoms with van der Waals surface area (Å²) in [5.41, 5.74) is 0.00590. The first kappa shape index (κ1) is 16.7. The molecule has 3 saturated carbocycles. The highest BCUT2D eigenvalue weighted by Crippen LogP contribution is 2.51. The highest BCUT2D eigenvalue weighted by molar-refractivity contribution is 5.83. The predicted octanol–water partition coefficient (Wildman–Crippen LogP) is 2.31. The maximum absolute atomic E-state index is 13.5. The van der Waals surface area contributed by atoms with E-state index in [0.29, 0.717) is 18.0 Å². The van der Waals surface area contributed by atoms with Gasteiger partial charge in [0, 0.05) is 37.1 Å². The molecule has 4 bridgehead atoms. The Morgan fingerprint density at radius 3 is 2.31 bits per heavy atom. The summed E-state index contributed by atoms with van der Waals surface area (Å²) >= 11 is 0. The zero-order valence-corrected chi connectivity index (χ0v) is 15.7. The lowest BCUT2D eigenvalue weighted by Gasteiger charge is -2.53. The minimum Gasteiger partial charge on any atom is -0.339 e. The van der Waals surface area contributed by atoms with Gasteiger partial charge in [-0.25, -0.2) is 4.98 Å². The molecule has 2 saturated heterocycles. The van der Waals surface area contributed by atoms with Crippen molar-refractivity contribution in [2.24, 2.45) is 11.3 Å². The SMILES string of the molecule is O=C(N1CC2CCCC(C1)N2CCn1cncn1)C12CCC(CC1)CC2. The molecule has 0 aromatic carbocycles. The number of nitrogens with zero attached hydrogens (tertiary/aromatic N) is 5. The zero-order valence-electron chi connectivity index (χ0n) is 15.7. The summed E-state index contributed by atoms with van der Waals surface area (Å²) in [5.74, 6) is 1.42. The fourth-order valence-corrected chi connectivity index (χ4v) is 6.20. The van der Waals surface area contributed by atoms with Crippen LogP contribution in [0.1, 0.15) is 57.8 Å². The highest BCUT2D eigenvalue weighted by Gasteiger charge is 2.49. The number of carbonyl (C=O) groups excluding carboxylic acids is 1. The number of fused-ring (bicyclic) bond motifs is 5. The standard InChI is InChI=1S/C20H31N5O/c26-19(20-7-4-16(5-8-20)6-9-20)23-12-17-2-1-3-18(13-23)25(17)11-10-24-15-21-14-22-24/h14-18H,1-13H2. The maximum Gasteiger partial charge on any atom is 0.228 e. The largest absolute Gasteiger partial charge is 0.339 e. The molecular weight excluding hydrogens is 326 g/mol. The molecule has 6 rings (SSSR count). The second-order valence-electron chi connectivity index (χ2n) is 9.11. The average Bonchev–Trinajstić information content (AvgIpc) is 3.20. The van der Waals surface area contributed by atoms with Crippen LogP contribution in [-0.2, 0) is 11.3 Å². The summed E-state index contributed by atoms with van der Waals surface area (Å²) < 4.78 is 1.92. The van der Waals surface area contributed by atoms with Gasteiger partial charge in [0.25, 0.3) is 0 Å². The van der Waals surface area contributed by atoms with Crippen molar-refractivity contribution in [2.45, 2.75) is 76.4 Å². The van der Waals surface area contributed by atoms with Crippen molar-refractivity contribution in [1.82, 2.24) is 24.6 Å². The second kappa shape index (κ2) is 6.63. The monoisotopic (exact) mass is 357 g/mol. The van der Waals surface area contributed by atoms with Gasteiger partial charge in [0.2, 0.25) is 5.91 Å². The number of hydrogen-bond donors (Lipinski definition) is 0. The Hall–Kier alpha value is -1.43. The normalized spacial score (nSPS) is 37.1. The fraction of sp³-hybridized carbons (Fsp3) is 0.850.